The van der Waals surface area contributed by atoms with Gasteiger partial charge in [0.2, 0.25) is 0 Å². The largest absolute Gasteiger partial charge is 0.484 e. The standard InChI is InChI=1S/C51H46O14/c52-33-24-30(19-16-27-10-4-1-5-11-27)61-47-37(65-50-40-35(54)26-32(21-18-29-14-8-3-9-15-29)63-49(40)43(57)42(56)44(50)58)23-22-36(38(33)47)64-51-41(55)39-34(53)25-31(62-48(39)45(59)46(51)60)20-17-28-12-6-2-7-13-28/h1-15,22-26,41-46,50-51,55-60H,16-21H2/t41-,42-,43?,44-,45-,46?,50?,51?/m0/s1. The van der Waals surface area contributed by atoms with E-state index >= 15 is 0 Å². The second kappa shape index (κ2) is 18.4. The molecule has 0 aliphatic heterocycles. The molecule has 2 aliphatic rings. The summed E-state index contributed by atoms with van der Waals surface area (Å²) in [5, 5.41) is 67.6. The summed E-state index contributed by atoms with van der Waals surface area (Å²) in [4.78, 5) is 41.5. The van der Waals surface area contributed by atoms with Crippen LogP contribution in [0.25, 0.3) is 11.0 Å². The summed E-state index contributed by atoms with van der Waals surface area (Å²) in [6, 6.07) is 34.7. The van der Waals surface area contributed by atoms with Crippen molar-refractivity contribution >= 4 is 11.0 Å². The molecule has 0 radical (unpaired) electrons. The lowest BCUT2D eigenvalue weighted by molar-refractivity contribution is -0.121. The molecule has 0 saturated heterocycles. The maximum absolute atomic E-state index is 14.2. The molecule has 4 unspecified atom stereocenters. The number of aryl methyl sites for hydroxylation is 6. The highest BCUT2D eigenvalue weighted by Crippen LogP contribution is 2.43. The fraction of sp³-hybridized carbons (Fsp3) is 0.275. The third-order valence-electron chi connectivity index (χ3n) is 12.1. The van der Waals surface area contributed by atoms with Gasteiger partial charge >= 0.3 is 0 Å². The lowest BCUT2D eigenvalue weighted by Gasteiger charge is -2.36. The lowest BCUT2D eigenvalue weighted by Crippen LogP contribution is -2.47. The van der Waals surface area contributed by atoms with Crippen molar-refractivity contribution in [2.75, 3.05) is 0 Å². The Bertz CT molecular complexity index is 2980. The van der Waals surface area contributed by atoms with Gasteiger partial charge in [-0.25, -0.2) is 0 Å². The highest BCUT2D eigenvalue weighted by atomic mass is 16.5. The van der Waals surface area contributed by atoms with Crippen LogP contribution in [0.4, 0.5) is 0 Å². The summed E-state index contributed by atoms with van der Waals surface area (Å²) < 4.78 is 30.7. The first-order valence-electron chi connectivity index (χ1n) is 21.4. The molecule has 14 heteroatoms. The van der Waals surface area contributed by atoms with Crippen molar-refractivity contribution in [2.24, 2.45) is 0 Å². The maximum atomic E-state index is 14.2. The number of hydrogen-bond donors (Lipinski definition) is 6. The van der Waals surface area contributed by atoms with Crippen molar-refractivity contribution in [3.05, 3.63) is 209 Å². The van der Waals surface area contributed by atoms with Crippen molar-refractivity contribution in [1.82, 2.24) is 0 Å². The zero-order chi connectivity index (χ0) is 45.4. The Morgan fingerprint density at radius 1 is 0.431 bits per heavy atom. The van der Waals surface area contributed by atoms with Gasteiger partial charge in [-0.15, -0.1) is 0 Å². The minimum atomic E-state index is -1.87. The van der Waals surface area contributed by atoms with Crippen LogP contribution in [0.1, 0.15) is 81.0 Å². The first-order chi connectivity index (χ1) is 31.4. The highest BCUT2D eigenvalue weighted by molar-refractivity contribution is 5.88. The van der Waals surface area contributed by atoms with E-state index in [1.807, 2.05) is 91.0 Å². The van der Waals surface area contributed by atoms with Gasteiger partial charge in [-0.3, -0.25) is 14.4 Å². The summed E-state index contributed by atoms with van der Waals surface area (Å²) in [6.07, 6.45) is -12.0. The predicted octanol–water partition coefficient (Wildman–Crippen LogP) is 4.83. The van der Waals surface area contributed by atoms with Gasteiger partial charge in [0.15, 0.2) is 39.8 Å². The van der Waals surface area contributed by atoms with E-state index in [2.05, 4.69) is 0 Å². The van der Waals surface area contributed by atoms with Crippen molar-refractivity contribution in [1.29, 1.82) is 0 Å². The summed E-state index contributed by atoms with van der Waals surface area (Å²) in [5.41, 5.74) is 0.220. The monoisotopic (exact) mass is 882 g/mol. The zero-order valence-electron chi connectivity index (χ0n) is 34.9. The molecule has 6 N–H and O–H groups in total. The molecule has 7 aromatic rings. The second-order valence-electron chi connectivity index (χ2n) is 16.4. The number of aliphatic hydroxyl groups excluding tert-OH is 6. The van der Waals surface area contributed by atoms with Crippen molar-refractivity contribution in [3.8, 4) is 11.5 Å². The topological polar surface area (TPSA) is 230 Å². The van der Waals surface area contributed by atoms with Gasteiger partial charge in [0, 0.05) is 37.5 Å². The van der Waals surface area contributed by atoms with E-state index < -0.39 is 65.1 Å². The Kier molecular flexibility index (Phi) is 12.4. The van der Waals surface area contributed by atoms with E-state index in [1.165, 1.54) is 30.3 Å². The number of hydrogen-bond acceptors (Lipinski definition) is 14. The van der Waals surface area contributed by atoms with Crippen LogP contribution in [0.5, 0.6) is 11.5 Å². The zero-order valence-corrected chi connectivity index (χ0v) is 34.9. The summed E-state index contributed by atoms with van der Waals surface area (Å²) in [5.74, 6) is -0.309. The van der Waals surface area contributed by atoms with Gasteiger partial charge in [0.25, 0.3) is 0 Å². The minimum absolute atomic E-state index is 0.184. The number of aliphatic hydroxyl groups is 6. The second-order valence-corrected chi connectivity index (χ2v) is 16.4. The molecular formula is C51H46O14. The van der Waals surface area contributed by atoms with Crippen molar-refractivity contribution in [3.63, 3.8) is 0 Å². The molecule has 4 aromatic carbocycles. The van der Waals surface area contributed by atoms with E-state index in [0.29, 0.717) is 32.1 Å². The molecule has 2 aliphatic carbocycles. The van der Waals surface area contributed by atoms with Crippen LogP contribution < -0.4 is 25.8 Å². The Hall–Kier alpha value is -6.65. The van der Waals surface area contributed by atoms with Gasteiger partial charge in [-0.05, 0) is 48.1 Å². The predicted molar refractivity (Wildman–Crippen MR) is 235 cm³/mol. The Balaban J connectivity index is 1.07. The van der Waals surface area contributed by atoms with Crippen LogP contribution >= 0.6 is 0 Å². The van der Waals surface area contributed by atoms with E-state index in [0.717, 1.165) is 16.7 Å². The summed E-state index contributed by atoms with van der Waals surface area (Å²) in [6.45, 7) is 0. The Morgan fingerprint density at radius 2 is 0.877 bits per heavy atom. The molecule has 0 bridgehead atoms. The third-order valence-corrected chi connectivity index (χ3v) is 12.1. The minimum Gasteiger partial charge on any atom is -0.484 e. The normalized spacial score (nSPS) is 22.6. The van der Waals surface area contributed by atoms with E-state index in [9.17, 15) is 45.0 Å². The summed E-state index contributed by atoms with van der Waals surface area (Å²) in [7, 11) is 0. The number of benzene rings is 4. The molecule has 14 nitrogen and oxygen atoms in total. The maximum Gasteiger partial charge on any atom is 0.196 e. The van der Waals surface area contributed by atoms with Crippen LogP contribution in [0, 0.1) is 0 Å². The van der Waals surface area contributed by atoms with E-state index in [4.69, 9.17) is 22.7 Å². The molecule has 0 saturated carbocycles. The van der Waals surface area contributed by atoms with Crippen LogP contribution in [0.3, 0.4) is 0 Å². The first kappa shape index (κ1) is 43.6. The van der Waals surface area contributed by atoms with E-state index in [-0.39, 0.29) is 68.8 Å². The fourth-order valence-electron chi connectivity index (χ4n) is 8.63. The number of ether oxygens (including phenoxy) is 2. The number of fused-ring (bicyclic) bond motifs is 3. The van der Waals surface area contributed by atoms with Gasteiger partial charge in [0.05, 0.1) is 11.1 Å². The fourth-order valence-corrected chi connectivity index (χ4v) is 8.63. The lowest BCUT2D eigenvalue weighted by atomic mass is 9.86. The average molecular weight is 883 g/mol. The van der Waals surface area contributed by atoms with Crippen molar-refractivity contribution in [2.45, 2.75) is 87.4 Å². The molecule has 0 spiro atoms. The molecular weight excluding hydrogens is 837 g/mol. The summed E-state index contributed by atoms with van der Waals surface area (Å²) >= 11 is 0. The van der Waals surface area contributed by atoms with Crippen LogP contribution in [-0.4, -0.2) is 55.1 Å². The average Bonchev–Trinajstić information content (AvgIpc) is 3.32. The smallest absolute Gasteiger partial charge is 0.196 e. The van der Waals surface area contributed by atoms with Crippen LogP contribution in [0.2, 0.25) is 0 Å². The highest BCUT2D eigenvalue weighted by Gasteiger charge is 2.48. The molecule has 3 aromatic heterocycles. The molecule has 334 valence electrons. The molecule has 9 rings (SSSR count). The van der Waals surface area contributed by atoms with E-state index in [1.54, 1.807) is 0 Å². The van der Waals surface area contributed by atoms with Gasteiger partial charge in [-0.1, -0.05) is 91.0 Å². The quantitative estimate of drug-likeness (QED) is 0.0912. The third kappa shape index (κ3) is 8.79. The molecule has 3 heterocycles. The van der Waals surface area contributed by atoms with Crippen LogP contribution in [-0.2, 0) is 38.5 Å². The van der Waals surface area contributed by atoms with Crippen LogP contribution in [0.15, 0.2) is 149 Å². The Morgan fingerprint density at radius 3 is 1.42 bits per heavy atom. The molecule has 0 amide bonds. The number of rotatable bonds is 13. The Labute approximate surface area is 370 Å². The first-order valence-corrected chi connectivity index (χ1v) is 21.4. The van der Waals surface area contributed by atoms with Crippen molar-refractivity contribution < 1.29 is 53.4 Å². The molecule has 8 atom stereocenters. The van der Waals surface area contributed by atoms with Gasteiger partial charge < -0.3 is 53.4 Å². The van der Waals surface area contributed by atoms with Gasteiger partial charge in [0.1, 0.15) is 76.6 Å². The van der Waals surface area contributed by atoms with Gasteiger partial charge in [-0.2, -0.15) is 0 Å². The SMILES string of the molecule is O=c1cc(CCc2ccccc2)oc2c1C(Oc1ccc(OC3C(O)[C@H](O)c4oc(CCc5ccccc5)cc(=O)c4[C@@H]3O)c3c(=O)cc(CCc4ccccc4)oc13)[C@@H](O)[C@@H](O)C2O. The molecule has 0 fully saturated rings. The molecule has 65 heavy (non-hydrogen) atoms.